The zero-order valence-corrected chi connectivity index (χ0v) is 8.22. The van der Waals surface area contributed by atoms with Gasteiger partial charge in [-0.05, 0) is 30.7 Å². The van der Waals surface area contributed by atoms with E-state index in [0.717, 1.165) is 11.6 Å². The van der Waals surface area contributed by atoms with E-state index in [-0.39, 0.29) is 0 Å². The molecule has 0 amide bonds. The molecule has 0 heterocycles. The van der Waals surface area contributed by atoms with Gasteiger partial charge in [-0.1, -0.05) is 23.8 Å². The topological polar surface area (TPSA) is 0 Å². The van der Waals surface area contributed by atoms with E-state index in [1.165, 1.54) is 12.1 Å². The summed E-state index contributed by atoms with van der Waals surface area (Å²) in [7, 11) is 0. The quantitative estimate of drug-likeness (QED) is 0.662. The summed E-state index contributed by atoms with van der Waals surface area (Å²) in [4.78, 5) is 0. The van der Waals surface area contributed by atoms with Crippen LogP contribution in [0.15, 0.2) is 36.4 Å². The van der Waals surface area contributed by atoms with Gasteiger partial charge in [-0.25, -0.2) is 8.78 Å². The van der Waals surface area contributed by atoms with E-state index in [1.54, 1.807) is 6.07 Å². The van der Waals surface area contributed by atoms with Crippen molar-refractivity contribution in [2.75, 3.05) is 0 Å². The first kappa shape index (κ1) is 9.84. The second kappa shape index (κ2) is 3.81. The smallest absolute Gasteiger partial charge is 0.133 e. The zero-order valence-electron chi connectivity index (χ0n) is 8.22. The lowest BCUT2D eigenvalue weighted by Crippen LogP contribution is -1.86. The molecule has 2 heteroatoms. The molecule has 2 aromatic rings. The van der Waals surface area contributed by atoms with E-state index >= 15 is 0 Å². The van der Waals surface area contributed by atoms with E-state index < -0.39 is 11.6 Å². The minimum atomic E-state index is -0.566. The number of rotatable bonds is 1. The van der Waals surface area contributed by atoms with Crippen LogP contribution in [0.2, 0.25) is 0 Å². The predicted molar refractivity (Wildman–Crippen MR) is 55.4 cm³/mol. The van der Waals surface area contributed by atoms with E-state index in [1.807, 2.05) is 19.1 Å². The molecule has 1 radical (unpaired) electrons. The third kappa shape index (κ3) is 2.04. The van der Waals surface area contributed by atoms with Crippen LogP contribution in [0.1, 0.15) is 5.56 Å². The predicted octanol–water partition coefficient (Wildman–Crippen LogP) is 3.74. The Morgan fingerprint density at radius 1 is 1.07 bits per heavy atom. The van der Waals surface area contributed by atoms with Gasteiger partial charge in [-0.15, -0.1) is 0 Å². The van der Waals surface area contributed by atoms with Crippen LogP contribution < -0.4 is 0 Å². The summed E-state index contributed by atoms with van der Waals surface area (Å²) in [5.41, 5.74) is 2.04. The highest BCUT2D eigenvalue weighted by atomic mass is 19.1. The van der Waals surface area contributed by atoms with Gasteiger partial charge in [0.15, 0.2) is 0 Å². The zero-order chi connectivity index (χ0) is 10.8. The van der Waals surface area contributed by atoms with Crippen LogP contribution in [0.3, 0.4) is 0 Å². The fraction of sp³-hybridized carbons (Fsp3) is 0.0769. The normalized spacial score (nSPS) is 10.3. The molecule has 0 atom stereocenters. The first-order valence-electron chi connectivity index (χ1n) is 4.60. The lowest BCUT2D eigenvalue weighted by atomic mass is 10.0. The average Bonchev–Trinajstić information content (AvgIpc) is 2.17. The van der Waals surface area contributed by atoms with E-state index in [2.05, 4.69) is 6.07 Å². The van der Waals surface area contributed by atoms with Crippen molar-refractivity contribution in [2.24, 2.45) is 0 Å². The number of hydrogen-bond donors (Lipinski definition) is 0. The maximum Gasteiger partial charge on any atom is 0.133 e. The van der Waals surface area contributed by atoms with Crippen molar-refractivity contribution in [3.8, 4) is 11.1 Å². The monoisotopic (exact) mass is 203 g/mol. The molecule has 0 unspecified atom stereocenters. The Balaban J connectivity index is 2.54. The third-order valence-electron chi connectivity index (χ3n) is 2.18. The van der Waals surface area contributed by atoms with E-state index in [4.69, 9.17) is 0 Å². The van der Waals surface area contributed by atoms with Crippen LogP contribution in [0, 0.1) is 24.6 Å². The summed E-state index contributed by atoms with van der Waals surface area (Å²) >= 11 is 0. The summed E-state index contributed by atoms with van der Waals surface area (Å²) in [5, 5.41) is 0. The Bertz CT molecular complexity index is 490. The highest BCUT2D eigenvalue weighted by Crippen LogP contribution is 2.23. The van der Waals surface area contributed by atoms with Crippen LogP contribution >= 0.6 is 0 Å². The first-order chi connectivity index (χ1) is 7.16. The van der Waals surface area contributed by atoms with Gasteiger partial charge in [-0.2, -0.15) is 0 Å². The number of hydrogen-bond acceptors (Lipinski definition) is 0. The highest BCUT2D eigenvalue weighted by Gasteiger charge is 2.06. The van der Waals surface area contributed by atoms with Gasteiger partial charge in [0.1, 0.15) is 11.6 Å². The van der Waals surface area contributed by atoms with E-state index in [0.29, 0.717) is 11.1 Å². The van der Waals surface area contributed by atoms with Gasteiger partial charge in [-0.3, -0.25) is 0 Å². The van der Waals surface area contributed by atoms with Crippen molar-refractivity contribution in [1.29, 1.82) is 0 Å². The molecule has 0 fully saturated rings. The number of halogens is 2. The van der Waals surface area contributed by atoms with Crippen LogP contribution in [-0.4, -0.2) is 0 Å². The van der Waals surface area contributed by atoms with Crippen molar-refractivity contribution >= 4 is 0 Å². The Hall–Kier alpha value is -1.70. The van der Waals surface area contributed by atoms with Crippen LogP contribution in [0.5, 0.6) is 0 Å². The number of aryl methyl sites for hydroxylation is 1. The summed E-state index contributed by atoms with van der Waals surface area (Å²) in [6, 6.07) is 11.9. The molecule has 0 aromatic heterocycles. The molecule has 0 N–H and O–H groups in total. The molecule has 0 aliphatic carbocycles. The summed E-state index contributed by atoms with van der Waals surface area (Å²) in [5.74, 6) is -1.12. The van der Waals surface area contributed by atoms with Crippen molar-refractivity contribution < 1.29 is 8.78 Å². The minimum absolute atomic E-state index is 0.375. The Morgan fingerprint density at radius 3 is 2.53 bits per heavy atom. The molecule has 2 aromatic carbocycles. The first-order valence-corrected chi connectivity index (χ1v) is 4.60. The van der Waals surface area contributed by atoms with Gasteiger partial charge >= 0.3 is 0 Å². The third-order valence-corrected chi connectivity index (χ3v) is 2.18. The molecule has 0 saturated carbocycles. The Labute approximate surface area is 87.2 Å². The second-order valence-corrected chi connectivity index (χ2v) is 3.40. The lowest BCUT2D eigenvalue weighted by Gasteiger charge is -2.03. The Kier molecular flexibility index (Phi) is 2.50. The average molecular weight is 203 g/mol. The summed E-state index contributed by atoms with van der Waals surface area (Å²) in [6.07, 6.45) is 0. The van der Waals surface area contributed by atoms with Gasteiger partial charge in [0.05, 0.1) is 0 Å². The molecule has 0 saturated heterocycles. The van der Waals surface area contributed by atoms with Crippen molar-refractivity contribution in [2.45, 2.75) is 6.92 Å². The largest absolute Gasteiger partial charge is 0.207 e. The molecular weight excluding hydrogens is 194 g/mol. The molecule has 15 heavy (non-hydrogen) atoms. The van der Waals surface area contributed by atoms with Crippen molar-refractivity contribution in [3.05, 3.63) is 59.7 Å². The maximum atomic E-state index is 13.4. The minimum Gasteiger partial charge on any atom is -0.207 e. The molecule has 0 aliphatic heterocycles. The fourth-order valence-corrected chi connectivity index (χ4v) is 1.44. The van der Waals surface area contributed by atoms with Gasteiger partial charge < -0.3 is 0 Å². The van der Waals surface area contributed by atoms with Crippen LogP contribution in [0.25, 0.3) is 11.1 Å². The number of benzene rings is 2. The lowest BCUT2D eigenvalue weighted by molar-refractivity contribution is 0.585. The van der Waals surface area contributed by atoms with Crippen LogP contribution in [-0.2, 0) is 0 Å². The summed E-state index contributed by atoms with van der Waals surface area (Å²) < 4.78 is 26.1. The second-order valence-electron chi connectivity index (χ2n) is 3.40. The van der Waals surface area contributed by atoms with E-state index in [9.17, 15) is 8.78 Å². The van der Waals surface area contributed by atoms with Crippen molar-refractivity contribution in [1.82, 2.24) is 0 Å². The van der Waals surface area contributed by atoms with Crippen LogP contribution in [0.4, 0.5) is 8.78 Å². The molecule has 0 spiro atoms. The van der Waals surface area contributed by atoms with Gasteiger partial charge in [0.2, 0.25) is 0 Å². The highest BCUT2D eigenvalue weighted by molar-refractivity contribution is 5.64. The SMILES string of the molecule is Cc1cc[c]c(-c2ccc(F)cc2F)c1. The summed E-state index contributed by atoms with van der Waals surface area (Å²) in [6.45, 7) is 1.92. The van der Waals surface area contributed by atoms with Crippen molar-refractivity contribution in [3.63, 3.8) is 0 Å². The van der Waals surface area contributed by atoms with Gasteiger partial charge in [0, 0.05) is 11.6 Å². The maximum absolute atomic E-state index is 13.4. The molecule has 0 aliphatic rings. The standard InChI is InChI=1S/C13H9F2/c1-9-3-2-4-10(7-9)12-6-5-11(14)8-13(12)15/h2-3,5-8H,1H3. The molecule has 2 rings (SSSR count). The molecule has 0 nitrogen and oxygen atoms in total. The van der Waals surface area contributed by atoms with Gasteiger partial charge in [0.25, 0.3) is 0 Å². The molecule has 0 bridgehead atoms. The fourth-order valence-electron chi connectivity index (χ4n) is 1.44. The Morgan fingerprint density at radius 2 is 1.87 bits per heavy atom. The molecule has 75 valence electrons. The molecular formula is C13H9F2.